The van der Waals surface area contributed by atoms with Crippen molar-refractivity contribution in [3.63, 3.8) is 0 Å². The highest BCUT2D eigenvalue weighted by Gasteiger charge is 2.37. The van der Waals surface area contributed by atoms with E-state index in [2.05, 4.69) is 0 Å². The fourth-order valence-corrected chi connectivity index (χ4v) is 2.09. The van der Waals surface area contributed by atoms with Crippen LogP contribution in [-0.4, -0.2) is 16.3 Å². The predicted molar refractivity (Wildman–Crippen MR) is 74.8 cm³/mol. The number of carbonyl (C=O) groups excluding carboxylic acids is 1. The Balaban J connectivity index is 2.90. The van der Waals surface area contributed by atoms with E-state index in [0.29, 0.717) is 5.56 Å². The number of benzene rings is 1. The summed E-state index contributed by atoms with van der Waals surface area (Å²) in [5, 5.41) is 0. The van der Waals surface area contributed by atoms with E-state index < -0.39 is 23.4 Å². The van der Waals surface area contributed by atoms with Gasteiger partial charge in [0, 0.05) is 17.6 Å². The summed E-state index contributed by atoms with van der Waals surface area (Å²) in [6.07, 6.45) is 0. The van der Waals surface area contributed by atoms with Gasteiger partial charge in [0.2, 0.25) is 0 Å². The summed E-state index contributed by atoms with van der Waals surface area (Å²) in [6.45, 7) is 9.01. The van der Waals surface area contributed by atoms with E-state index >= 15 is 0 Å². The van der Waals surface area contributed by atoms with Crippen LogP contribution in [0, 0.1) is 0 Å². The lowest BCUT2D eigenvalue weighted by Crippen LogP contribution is -2.41. The van der Waals surface area contributed by atoms with Gasteiger partial charge >= 0.3 is 0 Å². The molecule has 0 aromatic heterocycles. The third kappa shape index (κ3) is 2.05. The molecule has 0 aliphatic carbocycles. The molecule has 0 radical (unpaired) electrons. The molecule has 2 heteroatoms. The van der Waals surface area contributed by atoms with Crippen molar-refractivity contribution in [1.82, 2.24) is 4.90 Å². The van der Waals surface area contributed by atoms with Crippen LogP contribution in [0.25, 0.3) is 0 Å². The molecule has 0 spiro atoms. The number of hydrogen-bond donors (Lipinski definition) is 0. The van der Waals surface area contributed by atoms with Crippen molar-refractivity contribution >= 4 is 5.91 Å². The van der Waals surface area contributed by atoms with Crippen molar-refractivity contribution in [2.24, 2.45) is 0 Å². The molecule has 0 saturated heterocycles. The summed E-state index contributed by atoms with van der Waals surface area (Å²) in [4.78, 5) is 14.1. The second-order valence-corrected chi connectivity index (χ2v) is 6.75. The van der Waals surface area contributed by atoms with Crippen molar-refractivity contribution in [1.29, 1.82) is 0 Å². The quantitative estimate of drug-likeness (QED) is 0.686. The van der Waals surface area contributed by atoms with Crippen LogP contribution in [-0.2, 0) is 11.9 Å². The predicted octanol–water partition coefficient (Wildman–Crippen LogP) is 3.74. The van der Waals surface area contributed by atoms with Crippen LogP contribution in [0.2, 0.25) is 0 Å². The van der Waals surface area contributed by atoms with Crippen LogP contribution in [0.1, 0.15) is 68.5 Å². The first-order valence-corrected chi connectivity index (χ1v) is 6.20. The molecule has 0 fully saturated rings. The van der Waals surface area contributed by atoms with E-state index in [1.54, 1.807) is 20.8 Å². The van der Waals surface area contributed by atoms with Gasteiger partial charge in [0.1, 0.15) is 0 Å². The second kappa shape index (κ2) is 3.84. The number of carbonyl (C=O) groups is 1. The molecule has 0 bridgehead atoms. The van der Waals surface area contributed by atoms with E-state index in [1.165, 1.54) is 11.0 Å². The van der Waals surface area contributed by atoms with Gasteiger partial charge < -0.3 is 4.90 Å². The van der Waals surface area contributed by atoms with Gasteiger partial charge in [-0.15, -0.1) is 0 Å². The molecule has 98 valence electrons. The molecule has 0 unspecified atom stereocenters. The van der Waals surface area contributed by atoms with Crippen molar-refractivity contribution in [2.75, 3.05) is 0 Å². The molecule has 1 aromatic carbocycles. The lowest BCUT2D eigenvalue weighted by molar-refractivity contribution is 0.0608. The third-order valence-corrected chi connectivity index (χ3v) is 3.05. The van der Waals surface area contributed by atoms with Crippen molar-refractivity contribution in [3.8, 4) is 0 Å². The van der Waals surface area contributed by atoms with Gasteiger partial charge in [-0.25, -0.2) is 0 Å². The van der Waals surface area contributed by atoms with Crippen molar-refractivity contribution in [3.05, 3.63) is 34.8 Å². The van der Waals surface area contributed by atoms with Crippen molar-refractivity contribution in [2.45, 2.75) is 59.0 Å². The Bertz CT molecular complexity index is 654. The third-order valence-electron chi connectivity index (χ3n) is 3.05. The summed E-state index contributed by atoms with van der Waals surface area (Å²) < 4.78 is 32.9. The minimum atomic E-state index is -2.08. The first kappa shape index (κ1) is 8.73. The molecule has 0 N–H and O–H groups in total. The maximum atomic E-state index is 12.9. The normalized spacial score (nSPS) is 22.1. The van der Waals surface area contributed by atoms with Crippen LogP contribution < -0.4 is 0 Å². The van der Waals surface area contributed by atoms with Gasteiger partial charge in [0.15, 0.2) is 0 Å². The summed E-state index contributed by atoms with van der Waals surface area (Å²) in [7, 11) is 0. The summed E-state index contributed by atoms with van der Waals surface area (Å²) >= 11 is 0. The lowest BCUT2D eigenvalue weighted by atomic mass is 9.82. The van der Waals surface area contributed by atoms with E-state index in [4.69, 9.17) is 5.48 Å². The molecule has 1 aliphatic heterocycles. The minimum absolute atomic E-state index is 0.0323. The zero-order valence-corrected chi connectivity index (χ0v) is 11.9. The topological polar surface area (TPSA) is 20.3 Å². The highest BCUT2D eigenvalue weighted by atomic mass is 16.2. The van der Waals surface area contributed by atoms with Crippen LogP contribution in [0.15, 0.2) is 18.2 Å². The van der Waals surface area contributed by atoms with Crippen LogP contribution >= 0.6 is 0 Å². The van der Waals surface area contributed by atoms with Crippen LogP contribution in [0.5, 0.6) is 0 Å². The largest absolute Gasteiger partial charge is 0.329 e. The van der Waals surface area contributed by atoms with Gasteiger partial charge in [0.05, 0.1) is 5.48 Å². The Morgan fingerprint density at radius 2 is 1.89 bits per heavy atom. The number of hydrogen-bond acceptors (Lipinski definition) is 1. The Morgan fingerprint density at radius 1 is 1.28 bits per heavy atom. The van der Waals surface area contributed by atoms with Crippen LogP contribution in [0.3, 0.4) is 0 Å². The minimum Gasteiger partial charge on any atom is -0.329 e. The first-order chi connectivity index (χ1) is 9.70. The molecule has 1 aromatic rings. The molecule has 0 atom stereocenters. The summed E-state index contributed by atoms with van der Waals surface area (Å²) in [5.74, 6) is -0.397. The lowest BCUT2D eigenvalue weighted by Gasteiger charge is -2.32. The van der Waals surface area contributed by atoms with Crippen LogP contribution in [0.4, 0.5) is 0 Å². The SMILES string of the molecule is [2H]c1cc(C(C)(C)C)c2c(c1[2H])C([2H])([2H])N(C(C)(C)C)C2=O. The second-order valence-electron chi connectivity index (χ2n) is 6.75. The average Bonchev–Trinajstić information content (AvgIpc) is 2.48. The fourth-order valence-electron chi connectivity index (χ4n) is 2.09. The van der Waals surface area contributed by atoms with E-state index in [0.717, 1.165) is 0 Å². The Kier molecular flexibility index (Phi) is 1.86. The molecule has 1 aliphatic rings. The molecule has 0 saturated carbocycles. The standard InChI is InChI=1S/C16H23NO/c1-15(2,3)12-9-7-8-11-10-17(16(4,5)6)14(18)13(11)12/h7-9H,10H2,1-6H3/i7D,8D,10D2. The highest BCUT2D eigenvalue weighted by molar-refractivity contribution is 6.00. The van der Waals surface area contributed by atoms with Gasteiger partial charge in [0.25, 0.3) is 5.91 Å². The highest BCUT2D eigenvalue weighted by Crippen LogP contribution is 2.35. The maximum absolute atomic E-state index is 12.9. The van der Waals surface area contributed by atoms with Gasteiger partial charge in [-0.3, -0.25) is 4.79 Å². The average molecular weight is 249 g/mol. The summed E-state index contributed by atoms with van der Waals surface area (Å²) in [6, 6.07) is 1.28. The summed E-state index contributed by atoms with van der Waals surface area (Å²) in [5.41, 5.74) is -0.209. The van der Waals surface area contributed by atoms with E-state index in [-0.39, 0.29) is 23.2 Å². The number of fused-ring (bicyclic) bond motifs is 1. The van der Waals surface area contributed by atoms with E-state index in [9.17, 15) is 4.79 Å². The molecule has 2 nitrogen and oxygen atoms in total. The number of nitrogens with zero attached hydrogens (tertiary/aromatic N) is 1. The van der Waals surface area contributed by atoms with Gasteiger partial charge in [-0.05, 0) is 37.3 Å². The fraction of sp³-hybridized carbons (Fsp3) is 0.562. The molecule has 2 rings (SSSR count). The molecular weight excluding hydrogens is 222 g/mol. The molecular formula is C16H23NO. The first-order valence-electron chi connectivity index (χ1n) is 8.20. The van der Waals surface area contributed by atoms with Gasteiger partial charge in [-0.2, -0.15) is 0 Å². The van der Waals surface area contributed by atoms with E-state index in [1.807, 2.05) is 20.8 Å². The number of amides is 1. The molecule has 18 heavy (non-hydrogen) atoms. The van der Waals surface area contributed by atoms with Crippen molar-refractivity contribution < 1.29 is 10.3 Å². The van der Waals surface area contributed by atoms with Gasteiger partial charge in [-0.1, -0.05) is 38.9 Å². The maximum Gasteiger partial charge on any atom is 0.255 e. The Hall–Kier alpha value is -1.31. The Morgan fingerprint density at radius 3 is 2.39 bits per heavy atom. The molecule has 1 heterocycles. The Labute approximate surface area is 116 Å². The zero-order chi connectivity index (χ0) is 17.2. The zero-order valence-electron chi connectivity index (χ0n) is 15.9. The smallest absolute Gasteiger partial charge is 0.255 e. The number of rotatable bonds is 0. The monoisotopic (exact) mass is 249 g/mol. The molecule has 1 amide bonds.